The van der Waals surface area contributed by atoms with Gasteiger partial charge in [0, 0.05) is 17.6 Å². The van der Waals surface area contributed by atoms with Crippen LogP contribution in [0.5, 0.6) is 0 Å². The van der Waals surface area contributed by atoms with E-state index in [1.54, 1.807) is 13.1 Å². The van der Waals surface area contributed by atoms with E-state index in [1.165, 1.54) is 16.2 Å². The average Bonchev–Trinajstić information content (AvgIpc) is 2.88. The fourth-order valence-corrected chi connectivity index (χ4v) is 3.08. The zero-order valence-electron chi connectivity index (χ0n) is 13.3. The number of amides is 2. The second-order valence-corrected chi connectivity index (χ2v) is 6.67. The van der Waals surface area contributed by atoms with Crippen molar-refractivity contribution in [2.45, 2.75) is 20.8 Å². The third-order valence-corrected chi connectivity index (χ3v) is 4.41. The molecule has 0 aliphatic heterocycles. The van der Waals surface area contributed by atoms with E-state index in [4.69, 9.17) is 0 Å². The maximum atomic E-state index is 12.2. The molecule has 1 N–H and O–H groups in total. The van der Waals surface area contributed by atoms with Gasteiger partial charge >= 0.3 is 0 Å². The summed E-state index contributed by atoms with van der Waals surface area (Å²) < 4.78 is 0. The highest BCUT2D eigenvalue weighted by Gasteiger charge is 2.17. The van der Waals surface area contributed by atoms with Crippen molar-refractivity contribution in [3.8, 4) is 0 Å². The first-order valence-corrected chi connectivity index (χ1v) is 7.88. The standard InChI is InChI=1S/C17H20N2O2S/c1-11-6-5-7-12(2)16(11)18-15(20)10-19(4)17(21)14-9-8-13(3)22-14/h5-9H,10H2,1-4H3,(H,18,20). The van der Waals surface area contributed by atoms with Gasteiger partial charge in [0.1, 0.15) is 0 Å². The van der Waals surface area contributed by atoms with E-state index >= 15 is 0 Å². The molecule has 2 rings (SSSR count). The molecule has 4 nitrogen and oxygen atoms in total. The first-order valence-electron chi connectivity index (χ1n) is 7.06. The van der Waals surface area contributed by atoms with Gasteiger partial charge in [-0.2, -0.15) is 0 Å². The van der Waals surface area contributed by atoms with Crippen LogP contribution in [0.1, 0.15) is 25.7 Å². The van der Waals surface area contributed by atoms with E-state index in [0.717, 1.165) is 21.7 Å². The van der Waals surface area contributed by atoms with Gasteiger partial charge in [0.15, 0.2) is 0 Å². The molecular weight excluding hydrogens is 296 g/mol. The molecular formula is C17H20N2O2S. The molecule has 1 heterocycles. The highest BCUT2D eigenvalue weighted by Crippen LogP contribution is 2.20. The Morgan fingerprint density at radius 1 is 1.09 bits per heavy atom. The Balaban J connectivity index is 2.01. The van der Waals surface area contributed by atoms with Crippen LogP contribution < -0.4 is 5.32 Å². The Kier molecular flexibility index (Phi) is 4.98. The summed E-state index contributed by atoms with van der Waals surface area (Å²) in [5.74, 6) is -0.323. The molecule has 5 heteroatoms. The molecule has 0 unspecified atom stereocenters. The second-order valence-electron chi connectivity index (χ2n) is 5.39. The Hall–Kier alpha value is -2.14. The van der Waals surface area contributed by atoms with Gasteiger partial charge in [-0.25, -0.2) is 0 Å². The molecule has 1 aromatic carbocycles. The lowest BCUT2D eigenvalue weighted by atomic mass is 10.1. The van der Waals surface area contributed by atoms with Crippen molar-refractivity contribution < 1.29 is 9.59 Å². The van der Waals surface area contributed by atoms with Crippen LogP contribution in [0.25, 0.3) is 0 Å². The Morgan fingerprint density at radius 3 is 2.27 bits per heavy atom. The van der Waals surface area contributed by atoms with Crippen molar-refractivity contribution in [2.24, 2.45) is 0 Å². The van der Waals surface area contributed by atoms with Crippen molar-refractivity contribution in [3.05, 3.63) is 51.2 Å². The Morgan fingerprint density at radius 2 is 1.73 bits per heavy atom. The summed E-state index contributed by atoms with van der Waals surface area (Å²) >= 11 is 1.44. The smallest absolute Gasteiger partial charge is 0.264 e. The van der Waals surface area contributed by atoms with E-state index in [0.29, 0.717) is 4.88 Å². The summed E-state index contributed by atoms with van der Waals surface area (Å²) in [6.07, 6.45) is 0. The molecule has 0 saturated carbocycles. The van der Waals surface area contributed by atoms with Crippen LogP contribution >= 0.6 is 11.3 Å². The maximum absolute atomic E-state index is 12.2. The molecule has 0 radical (unpaired) electrons. The molecule has 0 atom stereocenters. The van der Waals surface area contributed by atoms with Crippen molar-refractivity contribution in [1.82, 2.24) is 4.90 Å². The topological polar surface area (TPSA) is 49.4 Å². The van der Waals surface area contributed by atoms with Gasteiger partial charge in [-0.05, 0) is 44.0 Å². The van der Waals surface area contributed by atoms with E-state index in [2.05, 4.69) is 5.32 Å². The summed E-state index contributed by atoms with van der Waals surface area (Å²) in [4.78, 5) is 27.6. The fourth-order valence-electron chi connectivity index (χ4n) is 2.22. The lowest BCUT2D eigenvalue weighted by Gasteiger charge is -2.17. The SMILES string of the molecule is Cc1ccc(C(=O)N(C)CC(=O)Nc2c(C)cccc2C)s1. The molecule has 0 spiro atoms. The van der Waals surface area contributed by atoms with Crippen LogP contribution in [0.15, 0.2) is 30.3 Å². The Labute approximate surface area is 134 Å². The minimum Gasteiger partial charge on any atom is -0.332 e. The van der Waals surface area contributed by atoms with Crippen molar-refractivity contribution in [2.75, 3.05) is 18.9 Å². The predicted molar refractivity (Wildman–Crippen MR) is 90.6 cm³/mol. The first-order chi connectivity index (χ1) is 10.4. The van der Waals surface area contributed by atoms with Crippen LogP contribution in [0, 0.1) is 20.8 Å². The monoisotopic (exact) mass is 316 g/mol. The number of thiophene rings is 1. The number of aryl methyl sites for hydroxylation is 3. The quantitative estimate of drug-likeness (QED) is 0.940. The molecule has 0 aliphatic carbocycles. The lowest BCUT2D eigenvalue weighted by Crippen LogP contribution is -2.34. The van der Waals surface area contributed by atoms with E-state index in [1.807, 2.05) is 45.0 Å². The van der Waals surface area contributed by atoms with Crippen molar-refractivity contribution in [1.29, 1.82) is 0 Å². The molecule has 0 saturated heterocycles. The molecule has 0 bridgehead atoms. The van der Waals surface area contributed by atoms with Gasteiger partial charge in [-0.15, -0.1) is 11.3 Å². The van der Waals surface area contributed by atoms with E-state index in [9.17, 15) is 9.59 Å². The summed E-state index contributed by atoms with van der Waals surface area (Å²) in [5.41, 5.74) is 2.84. The van der Waals surface area contributed by atoms with Crippen molar-refractivity contribution in [3.63, 3.8) is 0 Å². The molecule has 2 aromatic rings. The molecule has 0 aliphatic rings. The third-order valence-electron chi connectivity index (χ3n) is 3.42. The molecule has 116 valence electrons. The van der Waals surface area contributed by atoms with Gasteiger partial charge in [-0.3, -0.25) is 9.59 Å². The summed E-state index contributed by atoms with van der Waals surface area (Å²) in [5, 5.41) is 2.89. The Bertz CT molecular complexity index is 686. The third kappa shape index (κ3) is 3.74. The molecule has 0 fully saturated rings. The van der Waals surface area contributed by atoms with Crippen LogP contribution in [0.4, 0.5) is 5.69 Å². The number of para-hydroxylation sites is 1. The first kappa shape index (κ1) is 16.2. The number of nitrogens with zero attached hydrogens (tertiary/aromatic N) is 1. The fraction of sp³-hybridized carbons (Fsp3) is 0.294. The number of nitrogens with one attached hydrogen (secondary N) is 1. The average molecular weight is 316 g/mol. The normalized spacial score (nSPS) is 10.4. The minimum absolute atomic E-state index is 0.0313. The van der Waals surface area contributed by atoms with Gasteiger partial charge < -0.3 is 10.2 Å². The number of anilines is 1. The summed E-state index contributed by atoms with van der Waals surface area (Å²) in [6.45, 7) is 5.89. The zero-order valence-corrected chi connectivity index (χ0v) is 14.1. The maximum Gasteiger partial charge on any atom is 0.264 e. The van der Waals surface area contributed by atoms with Crippen LogP contribution in [0.2, 0.25) is 0 Å². The number of hydrogen-bond acceptors (Lipinski definition) is 3. The van der Waals surface area contributed by atoms with Crippen molar-refractivity contribution >= 4 is 28.8 Å². The van der Waals surface area contributed by atoms with E-state index < -0.39 is 0 Å². The molecule has 22 heavy (non-hydrogen) atoms. The van der Waals surface area contributed by atoms with Crippen LogP contribution in [-0.4, -0.2) is 30.3 Å². The highest BCUT2D eigenvalue weighted by molar-refractivity contribution is 7.13. The largest absolute Gasteiger partial charge is 0.332 e. The predicted octanol–water partition coefficient (Wildman–Crippen LogP) is 3.38. The number of hydrogen-bond donors (Lipinski definition) is 1. The number of carbonyl (C=O) groups is 2. The van der Waals surface area contributed by atoms with Gasteiger partial charge in [-0.1, -0.05) is 18.2 Å². The number of carbonyl (C=O) groups excluding carboxylic acids is 2. The van der Waals surface area contributed by atoms with Crippen LogP contribution in [-0.2, 0) is 4.79 Å². The number of rotatable bonds is 4. The highest BCUT2D eigenvalue weighted by atomic mass is 32.1. The van der Waals surface area contributed by atoms with E-state index in [-0.39, 0.29) is 18.4 Å². The van der Waals surface area contributed by atoms with Crippen LogP contribution in [0.3, 0.4) is 0 Å². The van der Waals surface area contributed by atoms with Gasteiger partial charge in [0.05, 0.1) is 11.4 Å². The summed E-state index contributed by atoms with van der Waals surface area (Å²) in [6, 6.07) is 9.55. The van der Waals surface area contributed by atoms with Gasteiger partial charge in [0.25, 0.3) is 5.91 Å². The zero-order chi connectivity index (χ0) is 16.3. The number of likely N-dealkylation sites (N-methyl/N-ethyl adjacent to an activating group) is 1. The molecule has 1 aromatic heterocycles. The molecule has 2 amide bonds. The minimum atomic E-state index is -0.193. The lowest BCUT2D eigenvalue weighted by molar-refractivity contribution is -0.116. The van der Waals surface area contributed by atoms with Gasteiger partial charge in [0.2, 0.25) is 5.91 Å². The second kappa shape index (κ2) is 6.75. The summed E-state index contributed by atoms with van der Waals surface area (Å²) in [7, 11) is 1.64. The number of benzene rings is 1.